The Morgan fingerprint density at radius 1 is 0.972 bits per heavy atom. The fourth-order valence-corrected chi connectivity index (χ4v) is 4.09. The van der Waals surface area contributed by atoms with Gasteiger partial charge in [-0.15, -0.1) is 0 Å². The maximum absolute atomic E-state index is 11.1. The molecule has 0 spiro atoms. The second-order valence-corrected chi connectivity index (χ2v) is 8.35. The van der Waals surface area contributed by atoms with Gasteiger partial charge in [0.25, 0.3) is 5.69 Å². The molecule has 2 heterocycles. The van der Waals surface area contributed by atoms with Crippen LogP contribution < -0.4 is 15.6 Å². The van der Waals surface area contributed by atoms with E-state index in [1.165, 1.54) is 30.8 Å². The van der Waals surface area contributed by atoms with Crippen LogP contribution in [0.2, 0.25) is 0 Å². The van der Waals surface area contributed by atoms with Gasteiger partial charge in [0, 0.05) is 36.5 Å². The second kappa shape index (κ2) is 10.2. The Kier molecular flexibility index (Phi) is 6.52. The largest absolute Gasteiger partial charge is 0.507 e. The molecule has 36 heavy (non-hydrogen) atoms. The highest BCUT2D eigenvalue weighted by Crippen LogP contribution is 2.29. The molecule has 5 rings (SSSR count). The zero-order chi connectivity index (χ0) is 24.9. The number of rotatable bonds is 7. The van der Waals surface area contributed by atoms with Crippen molar-refractivity contribution in [2.45, 2.75) is 19.3 Å². The average Bonchev–Trinajstić information content (AvgIpc) is 2.90. The molecule has 0 amide bonds. The number of hydrogen-bond acceptors (Lipinski definition) is 10. The molecule has 11 nitrogen and oxygen atoms in total. The third kappa shape index (κ3) is 5.14. The number of nitro groups is 1. The van der Waals surface area contributed by atoms with E-state index >= 15 is 0 Å². The molecule has 1 fully saturated rings. The van der Waals surface area contributed by atoms with Crippen LogP contribution in [-0.4, -0.2) is 44.3 Å². The minimum Gasteiger partial charge on any atom is -0.507 e. The van der Waals surface area contributed by atoms with Gasteiger partial charge in [-0.25, -0.2) is 5.43 Å². The molecule has 0 bridgehead atoms. The Morgan fingerprint density at radius 2 is 1.75 bits per heavy atom. The highest BCUT2D eigenvalue weighted by atomic mass is 16.6. The highest BCUT2D eigenvalue weighted by Gasteiger charge is 2.17. The fourth-order valence-electron chi connectivity index (χ4n) is 4.09. The van der Waals surface area contributed by atoms with Crippen molar-refractivity contribution in [1.29, 1.82) is 0 Å². The molecular weight excluding hydrogens is 460 g/mol. The smallest absolute Gasteiger partial charge is 0.270 e. The number of fused-ring (bicyclic) bond motifs is 1. The number of nitro benzene ring substituents is 1. The summed E-state index contributed by atoms with van der Waals surface area (Å²) in [6.07, 6.45) is 4.78. The molecule has 0 atom stereocenters. The first-order valence-corrected chi connectivity index (χ1v) is 11.6. The number of non-ortho nitro benzene ring substituents is 1. The van der Waals surface area contributed by atoms with E-state index in [-0.39, 0.29) is 17.4 Å². The molecule has 4 aromatic rings. The van der Waals surface area contributed by atoms with Crippen LogP contribution in [0.15, 0.2) is 65.8 Å². The molecule has 0 aliphatic carbocycles. The summed E-state index contributed by atoms with van der Waals surface area (Å²) < 4.78 is 0. The predicted octanol–water partition coefficient (Wildman–Crippen LogP) is 4.82. The van der Waals surface area contributed by atoms with Crippen LogP contribution in [-0.2, 0) is 0 Å². The maximum Gasteiger partial charge on any atom is 0.270 e. The molecule has 1 aliphatic rings. The van der Waals surface area contributed by atoms with Crippen molar-refractivity contribution >= 4 is 46.2 Å². The van der Waals surface area contributed by atoms with E-state index in [9.17, 15) is 15.2 Å². The number of aromatic hydroxyl groups is 1. The first-order chi connectivity index (χ1) is 17.6. The third-order valence-electron chi connectivity index (χ3n) is 5.88. The number of benzene rings is 3. The van der Waals surface area contributed by atoms with Gasteiger partial charge in [-0.2, -0.15) is 20.1 Å². The van der Waals surface area contributed by atoms with Crippen molar-refractivity contribution in [3.05, 3.63) is 76.3 Å². The van der Waals surface area contributed by atoms with Crippen molar-refractivity contribution in [1.82, 2.24) is 15.0 Å². The van der Waals surface area contributed by atoms with E-state index < -0.39 is 4.92 Å². The van der Waals surface area contributed by atoms with Gasteiger partial charge in [0.15, 0.2) is 0 Å². The van der Waals surface area contributed by atoms with Crippen LogP contribution in [0.25, 0.3) is 10.8 Å². The zero-order valence-electron chi connectivity index (χ0n) is 19.3. The first-order valence-electron chi connectivity index (χ1n) is 11.6. The molecule has 1 aromatic heterocycles. The minimum atomic E-state index is -0.455. The molecule has 11 heteroatoms. The quantitative estimate of drug-likeness (QED) is 0.191. The number of phenols is 1. The molecule has 3 N–H and O–H groups in total. The van der Waals surface area contributed by atoms with Gasteiger partial charge in [0.1, 0.15) is 5.75 Å². The fraction of sp³-hybridized carbons (Fsp3) is 0.200. The summed E-state index contributed by atoms with van der Waals surface area (Å²) in [5, 5.41) is 30.2. The average molecular weight is 485 g/mol. The van der Waals surface area contributed by atoms with Crippen LogP contribution in [0.4, 0.5) is 29.2 Å². The van der Waals surface area contributed by atoms with Gasteiger partial charge in [-0.3, -0.25) is 10.1 Å². The minimum absolute atomic E-state index is 0.00186. The van der Waals surface area contributed by atoms with E-state index in [0.717, 1.165) is 31.6 Å². The van der Waals surface area contributed by atoms with Crippen LogP contribution in [0.1, 0.15) is 24.8 Å². The summed E-state index contributed by atoms with van der Waals surface area (Å²) in [5.41, 5.74) is 4.08. The maximum atomic E-state index is 11.1. The number of nitrogens with zero attached hydrogens (tertiary/aromatic N) is 6. The summed E-state index contributed by atoms with van der Waals surface area (Å²) in [7, 11) is 0. The van der Waals surface area contributed by atoms with Crippen molar-refractivity contribution in [3.63, 3.8) is 0 Å². The van der Waals surface area contributed by atoms with Gasteiger partial charge < -0.3 is 15.3 Å². The Balaban J connectivity index is 1.43. The lowest BCUT2D eigenvalue weighted by Gasteiger charge is -2.26. The van der Waals surface area contributed by atoms with Gasteiger partial charge in [0.2, 0.25) is 17.8 Å². The number of para-hydroxylation sites is 1. The van der Waals surface area contributed by atoms with E-state index in [1.807, 2.05) is 30.3 Å². The number of nitrogens with one attached hydrogen (secondary N) is 2. The molecule has 1 saturated heterocycles. The number of hydrazone groups is 1. The topological polar surface area (TPSA) is 142 Å². The molecule has 0 saturated carbocycles. The van der Waals surface area contributed by atoms with Crippen LogP contribution in [0, 0.1) is 10.1 Å². The molecule has 1 aliphatic heterocycles. The van der Waals surface area contributed by atoms with Crippen LogP contribution in [0.5, 0.6) is 5.75 Å². The monoisotopic (exact) mass is 484 g/mol. The molecule has 182 valence electrons. The molecule has 0 radical (unpaired) electrons. The number of anilines is 4. The van der Waals surface area contributed by atoms with Crippen molar-refractivity contribution < 1.29 is 10.0 Å². The lowest BCUT2D eigenvalue weighted by atomic mass is 10.0. The van der Waals surface area contributed by atoms with Gasteiger partial charge in [-0.1, -0.05) is 24.3 Å². The summed E-state index contributed by atoms with van der Waals surface area (Å²) >= 11 is 0. The summed E-state index contributed by atoms with van der Waals surface area (Å²) in [5.74, 6) is 1.18. The first kappa shape index (κ1) is 23.0. The van der Waals surface area contributed by atoms with E-state index in [1.54, 1.807) is 12.1 Å². The normalized spacial score (nSPS) is 13.7. The molecule has 0 unspecified atom stereocenters. The van der Waals surface area contributed by atoms with Crippen molar-refractivity contribution in [3.8, 4) is 5.75 Å². The van der Waals surface area contributed by atoms with Crippen molar-refractivity contribution in [2.75, 3.05) is 28.7 Å². The number of phenolic OH excluding ortho intramolecular Hbond substituents is 1. The lowest BCUT2D eigenvalue weighted by molar-refractivity contribution is -0.384. The number of hydrogen-bond donors (Lipinski definition) is 3. The Morgan fingerprint density at radius 3 is 2.53 bits per heavy atom. The molecular formula is C25H24N8O3. The van der Waals surface area contributed by atoms with Gasteiger partial charge >= 0.3 is 0 Å². The summed E-state index contributed by atoms with van der Waals surface area (Å²) in [6.45, 7) is 1.74. The van der Waals surface area contributed by atoms with Crippen LogP contribution >= 0.6 is 0 Å². The summed E-state index contributed by atoms with van der Waals surface area (Å²) in [4.78, 5) is 26.4. The van der Waals surface area contributed by atoms with Crippen LogP contribution in [0.3, 0.4) is 0 Å². The SMILES string of the molecule is O=[N+]([O-])c1ccc2c(/C=N/Nc3nc(Nc4ccccc4)nc(N4CCCCC4)n3)c(O)ccc2c1. The van der Waals surface area contributed by atoms with E-state index in [2.05, 4.69) is 35.7 Å². The van der Waals surface area contributed by atoms with Crippen molar-refractivity contribution in [2.24, 2.45) is 5.10 Å². The Bertz CT molecular complexity index is 1420. The Labute approximate surface area is 206 Å². The highest BCUT2D eigenvalue weighted by molar-refractivity contribution is 6.03. The molecule has 3 aromatic carbocycles. The lowest BCUT2D eigenvalue weighted by Crippen LogP contribution is -2.31. The Hall–Kier alpha value is -4.80. The number of aromatic nitrogens is 3. The van der Waals surface area contributed by atoms with E-state index in [0.29, 0.717) is 28.2 Å². The van der Waals surface area contributed by atoms with Gasteiger partial charge in [0.05, 0.1) is 11.1 Å². The van der Waals surface area contributed by atoms with Gasteiger partial charge in [-0.05, 0) is 54.3 Å². The number of piperidine rings is 1. The zero-order valence-corrected chi connectivity index (χ0v) is 19.3. The van der Waals surface area contributed by atoms with E-state index in [4.69, 9.17) is 0 Å². The second-order valence-electron chi connectivity index (χ2n) is 8.35. The predicted molar refractivity (Wildman–Crippen MR) is 139 cm³/mol. The standard InChI is InChI=1S/C25H24N8O3/c34-22-12-9-17-15-19(33(35)36)10-11-20(17)21(22)16-26-31-24-28-23(27-18-7-3-1-4-8-18)29-25(30-24)32-13-5-2-6-14-32/h1,3-4,7-12,15-16,34H,2,5-6,13-14H2,(H2,27,28,29,30,31)/b26-16+. The summed E-state index contributed by atoms with van der Waals surface area (Å²) in [6, 6.07) is 17.2. The third-order valence-corrected chi connectivity index (χ3v) is 5.88.